The van der Waals surface area contributed by atoms with Gasteiger partial charge >= 0.3 is 0 Å². The molecule has 0 fully saturated rings. The molecule has 0 saturated carbocycles. The van der Waals surface area contributed by atoms with Crippen LogP contribution in [0.25, 0.3) is 0 Å². The summed E-state index contributed by atoms with van der Waals surface area (Å²) in [7, 11) is 1.91. The smallest absolute Gasteiger partial charge is 0.0881 e. The van der Waals surface area contributed by atoms with Crippen LogP contribution in [0.3, 0.4) is 0 Å². The Morgan fingerprint density at radius 2 is 2.14 bits per heavy atom. The summed E-state index contributed by atoms with van der Waals surface area (Å²) in [6.45, 7) is 6.19. The number of nitrogens with one attached hydrogen (secondary N) is 1. The van der Waals surface area contributed by atoms with E-state index in [1.54, 1.807) is 4.68 Å². The highest BCUT2D eigenvalue weighted by atomic mass is 15.3. The van der Waals surface area contributed by atoms with Gasteiger partial charge in [-0.15, -0.1) is 6.42 Å². The normalized spacial score (nSPS) is 12.6. The molecule has 0 aliphatic rings. The molecule has 1 aromatic heterocycles. The summed E-state index contributed by atoms with van der Waals surface area (Å²) in [6.07, 6.45) is 7.27. The summed E-state index contributed by atoms with van der Waals surface area (Å²) in [5, 5.41) is 7.63. The lowest BCUT2D eigenvalue weighted by atomic mass is 10.1. The lowest BCUT2D eigenvalue weighted by molar-refractivity contribution is 0.713. The quantitative estimate of drug-likeness (QED) is 0.740. The zero-order valence-electron chi connectivity index (χ0n) is 9.20. The van der Waals surface area contributed by atoms with Gasteiger partial charge in [0, 0.05) is 13.2 Å². The number of hydrogen-bond acceptors (Lipinski definition) is 2. The Hall–Kier alpha value is -1.43. The fourth-order valence-corrected chi connectivity index (χ4v) is 1.32. The second kappa shape index (κ2) is 4.19. The Labute approximate surface area is 85.5 Å². The Bertz CT molecular complexity index is 344. The monoisotopic (exact) mass is 191 g/mol. The molecule has 1 N–H and O–H groups in total. The number of rotatable bonds is 3. The molecule has 1 rings (SSSR count). The largest absolute Gasteiger partial charge is 0.369 e. The van der Waals surface area contributed by atoms with Crippen molar-refractivity contribution in [2.75, 3.05) is 5.32 Å². The summed E-state index contributed by atoms with van der Waals surface area (Å²) in [5.74, 6) is 3.05. The van der Waals surface area contributed by atoms with Gasteiger partial charge in [0.25, 0.3) is 0 Å². The highest BCUT2D eigenvalue weighted by molar-refractivity contribution is 5.49. The summed E-state index contributed by atoms with van der Waals surface area (Å²) in [5.41, 5.74) is 2.10. The standard InChI is InChI=1S/C11H17N3/c1-6-9(4)12-10-7-14(5)13-11(10)8(2)3/h1,7-9,12H,2-5H3. The molecule has 0 amide bonds. The first-order valence-electron chi connectivity index (χ1n) is 4.80. The minimum atomic E-state index is 0.0386. The highest BCUT2D eigenvalue weighted by Crippen LogP contribution is 2.22. The average Bonchev–Trinajstić information content (AvgIpc) is 2.46. The molecule has 0 radical (unpaired) electrons. The average molecular weight is 191 g/mol. The van der Waals surface area contributed by atoms with E-state index in [-0.39, 0.29) is 6.04 Å². The van der Waals surface area contributed by atoms with E-state index in [9.17, 15) is 0 Å². The van der Waals surface area contributed by atoms with E-state index in [1.807, 2.05) is 20.2 Å². The Kier molecular flexibility index (Phi) is 3.19. The molecular weight excluding hydrogens is 174 g/mol. The van der Waals surface area contributed by atoms with Crippen molar-refractivity contribution in [2.24, 2.45) is 7.05 Å². The van der Waals surface area contributed by atoms with E-state index in [1.165, 1.54) is 0 Å². The number of terminal acetylenes is 1. The Morgan fingerprint density at radius 3 is 2.64 bits per heavy atom. The molecule has 0 aliphatic heterocycles. The maximum atomic E-state index is 5.31. The molecule has 1 heterocycles. The molecular formula is C11H17N3. The molecule has 3 nitrogen and oxygen atoms in total. The molecule has 1 unspecified atom stereocenters. The molecule has 3 heteroatoms. The van der Waals surface area contributed by atoms with Crippen LogP contribution in [-0.4, -0.2) is 15.8 Å². The minimum Gasteiger partial charge on any atom is -0.369 e. The van der Waals surface area contributed by atoms with Gasteiger partial charge in [0.2, 0.25) is 0 Å². The number of aryl methyl sites for hydroxylation is 1. The Balaban J connectivity index is 2.91. The first kappa shape index (κ1) is 10.6. The third kappa shape index (κ3) is 2.29. The molecule has 0 aromatic carbocycles. The summed E-state index contributed by atoms with van der Waals surface area (Å²) in [4.78, 5) is 0. The van der Waals surface area contributed by atoms with E-state index in [4.69, 9.17) is 6.42 Å². The van der Waals surface area contributed by atoms with Crippen LogP contribution in [0.15, 0.2) is 6.20 Å². The maximum absolute atomic E-state index is 5.31. The molecule has 0 saturated heterocycles. The van der Waals surface area contributed by atoms with Crippen molar-refractivity contribution >= 4 is 5.69 Å². The number of aromatic nitrogens is 2. The first-order chi connectivity index (χ1) is 6.54. The van der Waals surface area contributed by atoms with Crippen molar-refractivity contribution in [3.8, 4) is 12.3 Å². The minimum absolute atomic E-state index is 0.0386. The number of anilines is 1. The van der Waals surface area contributed by atoms with Gasteiger partial charge in [0.05, 0.1) is 17.4 Å². The zero-order chi connectivity index (χ0) is 10.7. The second-order valence-electron chi connectivity index (χ2n) is 3.79. The van der Waals surface area contributed by atoms with Crippen LogP contribution in [0.4, 0.5) is 5.69 Å². The first-order valence-corrected chi connectivity index (χ1v) is 4.80. The lowest BCUT2D eigenvalue weighted by Crippen LogP contribution is -2.13. The van der Waals surface area contributed by atoms with Crippen LogP contribution in [0.5, 0.6) is 0 Å². The van der Waals surface area contributed by atoms with Crippen LogP contribution in [0.2, 0.25) is 0 Å². The van der Waals surface area contributed by atoms with Crippen LogP contribution >= 0.6 is 0 Å². The predicted molar refractivity (Wildman–Crippen MR) is 59.2 cm³/mol. The van der Waals surface area contributed by atoms with Crippen molar-refractivity contribution in [2.45, 2.75) is 32.7 Å². The van der Waals surface area contributed by atoms with Crippen LogP contribution < -0.4 is 5.32 Å². The van der Waals surface area contributed by atoms with Gasteiger partial charge in [-0.05, 0) is 12.8 Å². The van der Waals surface area contributed by atoms with Gasteiger partial charge in [-0.25, -0.2) is 0 Å². The third-order valence-corrected chi connectivity index (χ3v) is 2.03. The van der Waals surface area contributed by atoms with Gasteiger partial charge in [0.1, 0.15) is 0 Å². The van der Waals surface area contributed by atoms with Crippen molar-refractivity contribution in [1.29, 1.82) is 0 Å². The molecule has 14 heavy (non-hydrogen) atoms. The van der Waals surface area contributed by atoms with Crippen molar-refractivity contribution in [1.82, 2.24) is 9.78 Å². The molecule has 1 aromatic rings. The summed E-state index contributed by atoms with van der Waals surface area (Å²) < 4.78 is 1.81. The summed E-state index contributed by atoms with van der Waals surface area (Å²) >= 11 is 0. The van der Waals surface area contributed by atoms with Crippen LogP contribution in [0.1, 0.15) is 32.4 Å². The Morgan fingerprint density at radius 1 is 1.50 bits per heavy atom. The fourth-order valence-electron chi connectivity index (χ4n) is 1.32. The van der Waals surface area contributed by atoms with Crippen molar-refractivity contribution < 1.29 is 0 Å². The molecule has 1 atom stereocenters. The molecule has 0 aliphatic carbocycles. The van der Waals surface area contributed by atoms with Gasteiger partial charge in [0.15, 0.2) is 0 Å². The van der Waals surface area contributed by atoms with Crippen molar-refractivity contribution in [3.63, 3.8) is 0 Å². The molecule has 0 spiro atoms. The maximum Gasteiger partial charge on any atom is 0.0881 e. The second-order valence-corrected chi connectivity index (χ2v) is 3.79. The highest BCUT2D eigenvalue weighted by Gasteiger charge is 2.11. The van der Waals surface area contributed by atoms with Crippen molar-refractivity contribution in [3.05, 3.63) is 11.9 Å². The van der Waals surface area contributed by atoms with E-state index in [2.05, 4.69) is 30.2 Å². The lowest BCUT2D eigenvalue weighted by Gasteiger charge is -2.10. The van der Waals surface area contributed by atoms with E-state index in [0.29, 0.717) is 5.92 Å². The fraction of sp³-hybridized carbons (Fsp3) is 0.545. The number of hydrogen-bond donors (Lipinski definition) is 1. The van der Waals surface area contributed by atoms with E-state index in [0.717, 1.165) is 11.4 Å². The molecule has 0 bridgehead atoms. The van der Waals surface area contributed by atoms with Gasteiger partial charge in [-0.3, -0.25) is 4.68 Å². The van der Waals surface area contributed by atoms with E-state index >= 15 is 0 Å². The zero-order valence-corrected chi connectivity index (χ0v) is 9.20. The van der Waals surface area contributed by atoms with E-state index < -0.39 is 0 Å². The molecule has 76 valence electrons. The van der Waals surface area contributed by atoms with Crippen LogP contribution in [-0.2, 0) is 7.05 Å². The predicted octanol–water partition coefficient (Wildman–Crippen LogP) is 1.98. The third-order valence-electron chi connectivity index (χ3n) is 2.03. The van der Waals surface area contributed by atoms with Crippen LogP contribution in [0, 0.1) is 12.3 Å². The summed E-state index contributed by atoms with van der Waals surface area (Å²) in [6, 6.07) is 0.0386. The topological polar surface area (TPSA) is 29.9 Å². The number of nitrogens with zero attached hydrogens (tertiary/aromatic N) is 2. The van der Waals surface area contributed by atoms with Gasteiger partial charge < -0.3 is 5.32 Å². The SMILES string of the molecule is C#CC(C)Nc1cn(C)nc1C(C)C. The van der Waals surface area contributed by atoms with Gasteiger partial charge in [-0.1, -0.05) is 19.8 Å². The van der Waals surface area contributed by atoms with Gasteiger partial charge in [-0.2, -0.15) is 5.10 Å².